The first-order valence-electron chi connectivity index (χ1n) is 12.7. The molecule has 0 spiro atoms. The molecule has 1 saturated heterocycles. The molecule has 3 aliphatic rings. The van der Waals surface area contributed by atoms with Crippen molar-refractivity contribution in [3.8, 4) is 0 Å². The number of hydrogen-bond donors (Lipinski definition) is 3. The molecule has 2 amide bonds. The largest absolute Gasteiger partial charge is 0.394 e. The Bertz CT molecular complexity index is 1220. The van der Waals surface area contributed by atoms with Crippen LogP contribution in [0.2, 0.25) is 0 Å². The molecule has 10 nitrogen and oxygen atoms in total. The molecular formula is C27H32N4O6. The molecule has 37 heavy (non-hydrogen) atoms. The number of amides is 2. The second-order valence-electron chi connectivity index (χ2n) is 9.59. The summed E-state index contributed by atoms with van der Waals surface area (Å²) in [7, 11) is 0. The normalized spacial score (nSPS) is 23.1. The van der Waals surface area contributed by atoms with Crippen LogP contribution in [-0.4, -0.2) is 65.7 Å². The van der Waals surface area contributed by atoms with Gasteiger partial charge < -0.3 is 30.1 Å². The summed E-state index contributed by atoms with van der Waals surface area (Å²) in [6.45, 7) is 4.77. The maximum atomic E-state index is 13.3. The highest BCUT2D eigenvalue weighted by atomic mass is 16.7. The first-order valence-corrected chi connectivity index (χ1v) is 12.7. The van der Waals surface area contributed by atoms with Gasteiger partial charge in [0, 0.05) is 36.3 Å². The van der Waals surface area contributed by atoms with E-state index in [0.717, 1.165) is 34.5 Å². The standard InChI is InChI=1S/C27H32N4O6/c1-3-19-15(2)29-22(23-10-24(37-31-23)25-14-35-18(12-32)13-36-25)9-20(19)27(34)28-11-16-4-5-17-6-7-26(33)30-21(17)8-16/h4-5,8-9,18,24-25,32H,3,6-7,10-14H2,1-2H3,(H,28,34)(H,30,33). The number of aromatic nitrogens is 1. The van der Waals surface area contributed by atoms with Crippen molar-refractivity contribution in [2.45, 2.75) is 64.4 Å². The fourth-order valence-corrected chi connectivity index (χ4v) is 4.93. The van der Waals surface area contributed by atoms with E-state index in [1.807, 2.05) is 32.0 Å². The predicted molar refractivity (Wildman–Crippen MR) is 136 cm³/mol. The Balaban J connectivity index is 1.27. The molecule has 1 fully saturated rings. The monoisotopic (exact) mass is 508 g/mol. The molecule has 2 aromatic rings. The van der Waals surface area contributed by atoms with Crippen molar-refractivity contribution in [2.24, 2.45) is 5.16 Å². The van der Waals surface area contributed by atoms with Gasteiger partial charge in [0.1, 0.15) is 17.9 Å². The second kappa shape index (κ2) is 11.0. The lowest BCUT2D eigenvalue weighted by Gasteiger charge is -2.30. The van der Waals surface area contributed by atoms with Crippen molar-refractivity contribution >= 4 is 23.2 Å². The van der Waals surface area contributed by atoms with Gasteiger partial charge in [-0.05, 0) is 48.6 Å². The van der Waals surface area contributed by atoms with Gasteiger partial charge in [-0.2, -0.15) is 0 Å². The maximum Gasteiger partial charge on any atom is 0.251 e. The Morgan fingerprint density at radius 1 is 1.19 bits per heavy atom. The summed E-state index contributed by atoms with van der Waals surface area (Å²) in [6, 6.07) is 7.67. The Kier molecular flexibility index (Phi) is 7.50. The summed E-state index contributed by atoms with van der Waals surface area (Å²) in [4.78, 5) is 35.4. The molecule has 10 heteroatoms. The van der Waals surface area contributed by atoms with Crippen LogP contribution in [0.1, 0.15) is 58.2 Å². The van der Waals surface area contributed by atoms with E-state index >= 15 is 0 Å². The summed E-state index contributed by atoms with van der Waals surface area (Å²) in [5.41, 5.74) is 6.30. The Morgan fingerprint density at radius 2 is 2.05 bits per heavy atom. The second-order valence-corrected chi connectivity index (χ2v) is 9.59. The van der Waals surface area contributed by atoms with Gasteiger partial charge in [0.2, 0.25) is 5.91 Å². The highest BCUT2D eigenvalue weighted by molar-refractivity contribution is 6.03. The zero-order chi connectivity index (χ0) is 25.9. The van der Waals surface area contributed by atoms with Gasteiger partial charge in [0.15, 0.2) is 6.10 Å². The topological polar surface area (TPSA) is 131 Å². The quantitative estimate of drug-likeness (QED) is 0.522. The van der Waals surface area contributed by atoms with Gasteiger partial charge in [-0.3, -0.25) is 14.6 Å². The number of nitrogens with one attached hydrogen (secondary N) is 2. The molecule has 4 heterocycles. The van der Waals surface area contributed by atoms with E-state index in [0.29, 0.717) is 56.0 Å². The summed E-state index contributed by atoms with van der Waals surface area (Å²) in [5, 5.41) is 19.4. The maximum absolute atomic E-state index is 13.3. The lowest BCUT2D eigenvalue weighted by atomic mass is 9.98. The SMILES string of the molecule is CCc1c(C(=O)NCc2ccc3c(c2)NC(=O)CC3)cc(C2=NOC(C3COC(CO)CO3)C2)nc1C. The molecule has 1 aromatic carbocycles. The molecule has 1 aromatic heterocycles. The van der Waals surface area contributed by atoms with E-state index in [4.69, 9.17) is 19.3 Å². The molecule has 3 aliphatic heterocycles. The number of oxime groups is 1. The van der Waals surface area contributed by atoms with Gasteiger partial charge >= 0.3 is 0 Å². The third-order valence-electron chi connectivity index (χ3n) is 7.05. The zero-order valence-corrected chi connectivity index (χ0v) is 21.1. The molecule has 3 unspecified atom stereocenters. The van der Waals surface area contributed by atoms with Crippen LogP contribution in [0.25, 0.3) is 0 Å². The van der Waals surface area contributed by atoms with E-state index in [1.165, 1.54) is 0 Å². The summed E-state index contributed by atoms with van der Waals surface area (Å²) < 4.78 is 11.4. The number of rotatable bonds is 7. The minimum atomic E-state index is -0.315. The Labute approximate surface area is 215 Å². The van der Waals surface area contributed by atoms with E-state index in [9.17, 15) is 14.7 Å². The summed E-state index contributed by atoms with van der Waals surface area (Å²) in [6.07, 6.45) is 1.45. The van der Waals surface area contributed by atoms with E-state index in [-0.39, 0.29) is 36.7 Å². The van der Waals surface area contributed by atoms with Gasteiger partial charge in [0.25, 0.3) is 5.91 Å². The van der Waals surface area contributed by atoms with Crippen molar-refractivity contribution in [1.82, 2.24) is 10.3 Å². The number of fused-ring (bicyclic) bond motifs is 1. The van der Waals surface area contributed by atoms with Crippen molar-refractivity contribution in [3.63, 3.8) is 0 Å². The van der Waals surface area contributed by atoms with Gasteiger partial charge in [-0.15, -0.1) is 0 Å². The number of carbonyl (C=O) groups excluding carboxylic acids is 2. The van der Waals surface area contributed by atoms with Crippen LogP contribution in [0.5, 0.6) is 0 Å². The number of hydrogen-bond acceptors (Lipinski definition) is 8. The van der Waals surface area contributed by atoms with Gasteiger partial charge in [-0.25, -0.2) is 0 Å². The zero-order valence-electron chi connectivity index (χ0n) is 21.1. The van der Waals surface area contributed by atoms with Crippen LogP contribution in [0.15, 0.2) is 29.4 Å². The number of ether oxygens (including phenoxy) is 2. The number of aryl methyl sites for hydroxylation is 2. The van der Waals surface area contributed by atoms with Gasteiger partial charge in [-0.1, -0.05) is 24.2 Å². The minimum absolute atomic E-state index is 0.0130. The first-order chi connectivity index (χ1) is 17.9. The van der Waals surface area contributed by atoms with Crippen molar-refractivity contribution in [1.29, 1.82) is 0 Å². The molecule has 0 radical (unpaired) electrons. The average Bonchev–Trinajstić information content (AvgIpc) is 3.41. The van der Waals surface area contributed by atoms with Crippen molar-refractivity contribution in [2.75, 3.05) is 25.1 Å². The number of benzene rings is 1. The summed E-state index contributed by atoms with van der Waals surface area (Å²) >= 11 is 0. The Morgan fingerprint density at radius 3 is 2.81 bits per heavy atom. The van der Waals surface area contributed by atoms with Crippen molar-refractivity contribution in [3.05, 3.63) is 57.9 Å². The van der Waals surface area contributed by atoms with E-state index < -0.39 is 0 Å². The van der Waals surface area contributed by atoms with Crippen LogP contribution < -0.4 is 10.6 Å². The molecule has 3 atom stereocenters. The summed E-state index contributed by atoms with van der Waals surface area (Å²) in [5.74, 6) is -0.181. The number of pyridine rings is 1. The Hall–Kier alpha value is -3.34. The molecule has 0 bridgehead atoms. The molecule has 3 N–H and O–H groups in total. The third-order valence-corrected chi connectivity index (χ3v) is 7.05. The molecule has 0 saturated carbocycles. The van der Waals surface area contributed by atoms with Gasteiger partial charge in [0.05, 0.1) is 25.5 Å². The predicted octanol–water partition coefficient (Wildman–Crippen LogP) is 2.04. The average molecular weight is 509 g/mol. The van der Waals surface area contributed by atoms with E-state index in [1.54, 1.807) is 6.07 Å². The molecule has 0 aliphatic carbocycles. The molecular weight excluding hydrogens is 476 g/mol. The van der Waals surface area contributed by atoms with Crippen LogP contribution in [-0.2, 0) is 38.5 Å². The van der Waals surface area contributed by atoms with Crippen LogP contribution in [0, 0.1) is 6.92 Å². The number of carbonyl (C=O) groups is 2. The molecule has 196 valence electrons. The smallest absolute Gasteiger partial charge is 0.251 e. The minimum Gasteiger partial charge on any atom is -0.394 e. The number of nitrogens with zero attached hydrogens (tertiary/aromatic N) is 2. The van der Waals surface area contributed by atoms with Crippen LogP contribution in [0.3, 0.4) is 0 Å². The van der Waals surface area contributed by atoms with Crippen LogP contribution >= 0.6 is 0 Å². The van der Waals surface area contributed by atoms with Crippen molar-refractivity contribution < 1.29 is 29.0 Å². The fraction of sp³-hybridized carbons (Fsp3) is 0.481. The first kappa shape index (κ1) is 25.3. The highest BCUT2D eigenvalue weighted by Gasteiger charge is 2.35. The third kappa shape index (κ3) is 5.51. The van der Waals surface area contributed by atoms with E-state index in [2.05, 4.69) is 15.8 Å². The molecule has 5 rings (SSSR count). The fourth-order valence-electron chi connectivity index (χ4n) is 4.93. The number of anilines is 1. The number of aliphatic hydroxyl groups is 1. The lowest BCUT2D eigenvalue weighted by molar-refractivity contribution is -0.178. The number of aliphatic hydroxyl groups excluding tert-OH is 1. The van der Waals surface area contributed by atoms with Crippen LogP contribution in [0.4, 0.5) is 5.69 Å². The highest BCUT2D eigenvalue weighted by Crippen LogP contribution is 2.26. The lowest BCUT2D eigenvalue weighted by Crippen LogP contribution is -2.43.